The van der Waals surface area contributed by atoms with Gasteiger partial charge in [0, 0.05) is 5.54 Å². The van der Waals surface area contributed by atoms with Gasteiger partial charge in [-0.15, -0.1) is 0 Å². The summed E-state index contributed by atoms with van der Waals surface area (Å²) in [5.41, 5.74) is 1.96. The maximum absolute atomic E-state index is 12.6. The predicted octanol–water partition coefficient (Wildman–Crippen LogP) is 3.63. The molecular weight excluding hydrogens is 336 g/mol. The van der Waals surface area contributed by atoms with E-state index < -0.39 is 15.6 Å². The standard InChI is InChI=1S/C19H24N2O3S/c1-13-6-9-15(10-7-13)25(23,24)21-17-12-14(2)8-11-16(17)18(22)20-19(3,4)5/h6-12,21H,1-5H3,(H,20,22). The van der Waals surface area contributed by atoms with Crippen molar-refractivity contribution in [2.45, 2.75) is 45.1 Å². The van der Waals surface area contributed by atoms with Gasteiger partial charge in [0.15, 0.2) is 0 Å². The van der Waals surface area contributed by atoms with Gasteiger partial charge in [-0.05, 0) is 64.4 Å². The van der Waals surface area contributed by atoms with Crippen molar-refractivity contribution in [1.82, 2.24) is 5.32 Å². The van der Waals surface area contributed by atoms with Crippen molar-refractivity contribution in [1.29, 1.82) is 0 Å². The summed E-state index contributed by atoms with van der Waals surface area (Å²) in [6, 6.07) is 11.6. The summed E-state index contributed by atoms with van der Waals surface area (Å²) in [4.78, 5) is 12.7. The molecular formula is C19H24N2O3S. The highest BCUT2D eigenvalue weighted by atomic mass is 32.2. The van der Waals surface area contributed by atoms with Crippen LogP contribution in [0.5, 0.6) is 0 Å². The minimum Gasteiger partial charge on any atom is -0.347 e. The van der Waals surface area contributed by atoms with Crippen molar-refractivity contribution in [3.8, 4) is 0 Å². The van der Waals surface area contributed by atoms with Crippen LogP contribution in [0.4, 0.5) is 5.69 Å². The Bertz CT molecular complexity index is 880. The number of rotatable bonds is 4. The van der Waals surface area contributed by atoms with Gasteiger partial charge >= 0.3 is 0 Å². The zero-order chi connectivity index (χ0) is 18.8. The fourth-order valence-electron chi connectivity index (χ4n) is 2.27. The lowest BCUT2D eigenvalue weighted by atomic mass is 10.1. The first-order valence-corrected chi connectivity index (χ1v) is 9.49. The van der Waals surface area contributed by atoms with Crippen molar-refractivity contribution >= 4 is 21.6 Å². The van der Waals surface area contributed by atoms with E-state index in [0.29, 0.717) is 0 Å². The van der Waals surface area contributed by atoms with Crippen LogP contribution in [-0.4, -0.2) is 19.9 Å². The molecule has 5 nitrogen and oxygen atoms in total. The largest absolute Gasteiger partial charge is 0.347 e. The maximum Gasteiger partial charge on any atom is 0.261 e. The van der Waals surface area contributed by atoms with Crippen molar-refractivity contribution < 1.29 is 13.2 Å². The molecule has 0 aliphatic rings. The minimum absolute atomic E-state index is 0.154. The Hall–Kier alpha value is -2.34. The van der Waals surface area contributed by atoms with Gasteiger partial charge in [-0.25, -0.2) is 8.42 Å². The number of carbonyl (C=O) groups excluding carboxylic acids is 1. The molecule has 0 bridgehead atoms. The second-order valence-corrected chi connectivity index (χ2v) is 8.85. The molecule has 0 aliphatic carbocycles. The lowest BCUT2D eigenvalue weighted by molar-refractivity contribution is 0.0920. The number of hydrogen-bond acceptors (Lipinski definition) is 3. The van der Waals surface area contributed by atoms with E-state index >= 15 is 0 Å². The highest BCUT2D eigenvalue weighted by Gasteiger charge is 2.21. The molecule has 2 aromatic carbocycles. The number of benzene rings is 2. The Morgan fingerprint density at radius 2 is 1.48 bits per heavy atom. The summed E-state index contributed by atoms with van der Waals surface area (Å²) in [7, 11) is -3.78. The Morgan fingerprint density at radius 1 is 0.920 bits per heavy atom. The summed E-state index contributed by atoms with van der Waals surface area (Å²) in [5, 5.41) is 2.85. The number of sulfonamides is 1. The second kappa shape index (κ2) is 6.88. The molecule has 6 heteroatoms. The van der Waals surface area contributed by atoms with Gasteiger partial charge in [-0.1, -0.05) is 23.8 Å². The highest BCUT2D eigenvalue weighted by molar-refractivity contribution is 7.92. The number of aryl methyl sites for hydroxylation is 2. The minimum atomic E-state index is -3.78. The Labute approximate surface area is 149 Å². The number of hydrogen-bond donors (Lipinski definition) is 2. The molecule has 0 saturated carbocycles. The summed E-state index contributed by atoms with van der Waals surface area (Å²) in [6.45, 7) is 9.34. The van der Waals surface area contributed by atoms with Crippen LogP contribution in [0.2, 0.25) is 0 Å². The Morgan fingerprint density at radius 3 is 2.04 bits per heavy atom. The van der Waals surface area contributed by atoms with Crippen molar-refractivity contribution in [2.75, 3.05) is 4.72 Å². The van der Waals surface area contributed by atoms with Crippen molar-refractivity contribution in [3.63, 3.8) is 0 Å². The van der Waals surface area contributed by atoms with Gasteiger partial charge in [0.1, 0.15) is 0 Å². The SMILES string of the molecule is Cc1ccc(S(=O)(=O)Nc2cc(C)ccc2C(=O)NC(C)(C)C)cc1. The lowest BCUT2D eigenvalue weighted by Crippen LogP contribution is -2.40. The average Bonchev–Trinajstić information content (AvgIpc) is 2.45. The molecule has 134 valence electrons. The fourth-order valence-corrected chi connectivity index (χ4v) is 3.34. The molecule has 0 unspecified atom stereocenters. The zero-order valence-corrected chi connectivity index (χ0v) is 16.0. The average molecular weight is 360 g/mol. The van der Waals surface area contributed by atoms with Gasteiger partial charge < -0.3 is 5.32 Å². The van der Waals surface area contributed by atoms with Crippen LogP contribution in [0.3, 0.4) is 0 Å². The second-order valence-electron chi connectivity index (χ2n) is 7.17. The molecule has 0 fully saturated rings. The number of carbonyl (C=O) groups is 1. The number of amides is 1. The smallest absolute Gasteiger partial charge is 0.261 e. The third kappa shape index (κ3) is 5.06. The van der Waals surface area contributed by atoms with Gasteiger partial charge in [-0.2, -0.15) is 0 Å². The van der Waals surface area contributed by atoms with E-state index in [0.717, 1.165) is 11.1 Å². The topological polar surface area (TPSA) is 75.3 Å². The molecule has 0 saturated heterocycles. The number of anilines is 1. The Kier molecular flexibility index (Phi) is 5.23. The summed E-state index contributed by atoms with van der Waals surface area (Å²) < 4.78 is 27.8. The zero-order valence-electron chi connectivity index (χ0n) is 15.2. The van der Waals surface area contributed by atoms with E-state index in [2.05, 4.69) is 10.0 Å². The quantitative estimate of drug-likeness (QED) is 0.874. The molecule has 0 atom stereocenters. The lowest BCUT2D eigenvalue weighted by Gasteiger charge is -2.22. The summed E-state index contributed by atoms with van der Waals surface area (Å²) >= 11 is 0. The van der Waals surface area contributed by atoms with Gasteiger partial charge in [-0.3, -0.25) is 9.52 Å². The van der Waals surface area contributed by atoms with E-state index in [1.54, 1.807) is 42.5 Å². The fraction of sp³-hybridized carbons (Fsp3) is 0.316. The third-order valence-electron chi connectivity index (χ3n) is 3.48. The van der Waals surface area contributed by atoms with Crippen LogP contribution < -0.4 is 10.0 Å². The highest BCUT2D eigenvalue weighted by Crippen LogP contribution is 2.22. The van der Waals surface area contributed by atoms with E-state index in [9.17, 15) is 13.2 Å². The first-order valence-electron chi connectivity index (χ1n) is 8.01. The summed E-state index contributed by atoms with van der Waals surface area (Å²) in [6.07, 6.45) is 0. The monoisotopic (exact) mass is 360 g/mol. The molecule has 2 N–H and O–H groups in total. The van der Waals surface area contributed by atoms with E-state index in [1.165, 1.54) is 0 Å². The van der Waals surface area contributed by atoms with E-state index in [4.69, 9.17) is 0 Å². The van der Waals surface area contributed by atoms with Crippen molar-refractivity contribution in [3.05, 3.63) is 59.2 Å². The molecule has 0 radical (unpaired) electrons. The number of nitrogens with one attached hydrogen (secondary N) is 2. The molecule has 0 aliphatic heterocycles. The van der Waals surface area contributed by atoms with Crippen LogP contribution >= 0.6 is 0 Å². The van der Waals surface area contributed by atoms with E-state index in [1.807, 2.05) is 34.6 Å². The van der Waals surface area contributed by atoms with Gasteiger partial charge in [0.05, 0.1) is 16.1 Å². The molecule has 0 heterocycles. The first-order chi connectivity index (χ1) is 11.5. The summed E-state index contributed by atoms with van der Waals surface area (Å²) in [5.74, 6) is -0.325. The van der Waals surface area contributed by atoms with Crippen LogP contribution in [0.25, 0.3) is 0 Å². The molecule has 1 amide bonds. The Balaban J connectivity index is 2.40. The van der Waals surface area contributed by atoms with Crippen molar-refractivity contribution in [2.24, 2.45) is 0 Å². The molecule has 25 heavy (non-hydrogen) atoms. The molecule has 0 spiro atoms. The first kappa shape index (κ1) is 19.0. The molecule has 2 rings (SSSR count). The molecule has 2 aromatic rings. The normalized spacial score (nSPS) is 11.9. The van der Waals surface area contributed by atoms with Crippen LogP contribution in [0.1, 0.15) is 42.3 Å². The van der Waals surface area contributed by atoms with Crippen LogP contribution in [0.15, 0.2) is 47.4 Å². The van der Waals surface area contributed by atoms with Gasteiger partial charge in [0.25, 0.3) is 15.9 Å². The maximum atomic E-state index is 12.6. The third-order valence-corrected chi connectivity index (χ3v) is 4.87. The predicted molar refractivity (Wildman–Crippen MR) is 100 cm³/mol. The van der Waals surface area contributed by atoms with Crippen LogP contribution in [-0.2, 0) is 10.0 Å². The van der Waals surface area contributed by atoms with Gasteiger partial charge in [0.2, 0.25) is 0 Å². The molecule has 0 aromatic heterocycles. The van der Waals surface area contributed by atoms with Crippen LogP contribution in [0, 0.1) is 13.8 Å². The van der Waals surface area contributed by atoms with E-state index in [-0.39, 0.29) is 22.1 Å².